The van der Waals surface area contributed by atoms with Crippen molar-refractivity contribution in [3.8, 4) is 17.3 Å². The first-order chi connectivity index (χ1) is 8.70. The zero-order valence-electron chi connectivity index (χ0n) is 10.2. The van der Waals surface area contributed by atoms with Crippen molar-refractivity contribution in [2.45, 2.75) is 13.8 Å². The van der Waals surface area contributed by atoms with E-state index in [9.17, 15) is 0 Å². The van der Waals surface area contributed by atoms with Crippen LogP contribution in [0.5, 0.6) is 0 Å². The number of benzene rings is 1. The van der Waals surface area contributed by atoms with Crippen LogP contribution < -0.4 is 0 Å². The lowest BCUT2D eigenvalue weighted by atomic mass is 10.1. The van der Waals surface area contributed by atoms with Crippen molar-refractivity contribution in [1.29, 1.82) is 5.26 Å². The number of para-hydroxylation sites is 1. The van der Waals surface area contributed by atoms with Crippen molar-refractivity contribution in [2.24, 2.45) is 0 Å². The Kier molecular flexibility index (Phi) is 2.20. The molecule has 0 aliphatic heterocycles. The maximum Gasteiger partial charge on any atom is 0.166 e. The van der Waals surface area contributed by atoms with E-state index in [4.69, 9.17) is 5.26 Å². The molecule has 4 nitrogen and oxygen atoms in total. The standard InChI is InChI=1S/C14H12N4/c1-8-13(10-5-3-4-6-11(10)16-8)14-12(7-15)17-9(2)18-14/h3-6,16H,1-2H3,(H,17,18). The van der Waals surface area contributed by atoms with Crippen LogP contribution in [0.25, 0.3) is 22.2 Å². The summed E-state index contributed by atoms with van der Waals surface area (Å²) in [6, 6.07) is 10.2. The Balaban J connectivity index is 2.38. The minimum Gasteiger partial charge on any atom is -0.358 e. The third-order valence-corrected chi connectivity index (χ3v) is 3.07. The Labute approximate surface area is 104 Å². The number of aromatic amines is 2. The zero-order valence-corrected chi connectivity index (χ0v) is 10.2. The Hall–Kier alpha value is -2.54. The molecule has 0 aliphatic carbocycles. The molecule has 4 heteroatoms. The topological polar surface area (TPSA) is 68.3 Å². The summed E-state index contributed by atoms with van der Waals surface area (Å²) >= 11 is 0. The fourth-order valence-corrected chi connectivity index (χ4v) is 2.35. The van der Waals surface area contributed by atoms with E-state index in [2.05, 4.69) is 21.0 Å². The number of H-pyrrole nitrogens is 2. The van der Waals surface area contributed by atoms with Crippen LogP contribution in [0.3, 0.4) is 0 Å². The maximum absolute atomic E-state index is 9.15. The van der Waals surface area contributed by atoms with E-state index in [1.54, 1.807) is 0 Å². The van der Waals surface area contributed by atoms with Crippen LogP contribution in [-0.2, 0) is 0 Å². The van der Waals surface area contributed by atoms with Gasteiger partial charge in [0.15, 0.2) is 5.69 Å². The van der Waals surface area contributed by atoms with Gasteiger partial charge in [-0.25, -0.2) is 4.98 Å². The van der Waals surface area contributed by atoms with Gasteiger partial charge in [-0.1, -0.05) is 18.2 Å². The predicted octanol–water partition coefficient (Wildman–Crippen LogP) is 3.05. The first-order valence-corrected chi connectivity index (χ1v) is 5.75. The summed E-state index contributed by atoms with van der Waals surface area (Å²) in [6.45, 7) is 3.86. The van der Waals surface area contributed by atoms with Crippen LogP contribution in [0.2, 0.25) is 0 Å². The van der Waals surface area contributed by atoms with Gasteiger partial charge < -0.3 is 9.97 Å². The number of aryl methyl sites for hydroxylation is 2. The molecule has 0 saturated heterocycles. The normalized spacial score (nSPS) is 10.7. The Morgan fingerprint density at radius 3 is 2.72 bits per heavy atom. The molecule has 0 unspecified atom stereocenters. The largest absolute Gasteiger partial charge is 0.358 e. The molecule has 0 bridgehead atoms. The minimum absolute atomic E-state index is 0.445. The number of imidazole rings is 1. The average molecular weight is 236 g/mol. The summed E-state index contributed by atoms with van der Waals surface area (Å²) in [5.74, 6) is 0.756. The third-order valence-electron chi connectivity index (χ3n) is 3.07. The summed E-state index contributed by atoms with van der Waals surface area (Å²) in [5.41, 5.74) is 4.38. The number of nitrogens with zero attached hydrogens (tertiary/aromatic N) is 2. The monoisotopic (exact) mass is 236 g/mol. The summed E-state index contributed by atoms with van der Waals surface area (Å²) in [5, 5.41) is 10.3. The molecule has 18 heavy (non-hydrogen) atoms. The molecule has 2 aromatic heterocycles. The zero-order chi connectivity index (χ0) is 12.7. The number of nitrogens with one attached hydrogen (secondary N) is 2. The first-order valence-electron chi connectivity index (χ1n) is 5.75. The van der Waals surface area contributed by atoms with Crippen molar-refractivity contribution >= 4 is 10.9 Å². The summed E-state index contributed by atoms with van der Waals surface area (Å²) in [4.78, 5) is 10.7. The van der Waals surface area contributed by atoms with Gasteiger partial charge in [-0.2, -0.15) is 5.26 Å². The second-order valence-electron chi connectivity index (χ2n) is 4.33. The number of fused-ring (bicyclic) bond motifs is 1. The molecule has 3 aromatic rings. The number of hydrogen-bond acceptors (Lipinski definition) is 2. The van der Waals surface area contributed by atoms with Crippen molar-refractivity contribution < 1.29 is 0 Å². The van der Waals surface area contributed by atoms with Crippen LogP contribution in [0.1, 0.15) is 17.2 Å². The number of hydrogen-bond donors (Lipinski definition) is 2. The molecule has 0 radical (unpaired) electrons. The van der Waals surface area contributed by atoms with Gasteiger partial charge in [0.05, 0.1) is 5.69 Å². The van der Waals surface area contributed by atoms with E-state index in [0.717, 1.165) is 33.7 Å². The summed E-state index contributed by atoms with van der Waals surface area (Å²) < 4.78 is 0. The molecule has 0 fully saturated rings. The second kappa shape index (κ2) is 3.74. The van der Waals surface area contributed by atoms with E-state index in [0.29, 0.717) is 5.69 Å². The highest BCUT2D eigenvalue weighted by molar-refractivity contribution is 5.97. The van der Waals surface area contributed by atoms with Crippen LogP contribution in [0, 0.1) is 25.2 Å². The Bertz CT molecular complexity index is 771. The quantitative estimate of drug-likeness (QED) is 0.681. The van der Waals surface area contributed by atoms with Gasteiger partial charge in [-0.3, -0.25) is 0 Å². The maximum atomic E-state index is 9.15. The molecular weight excluding hydrogens is 224 g/mol. The van der Waals surface area contributed by atoms with E-state index >= 15 is 0 Å². The molecule has 3 rings (SSSR count). The second-order valence-corrected chi connectivity index (χ2v) is 4.33. The van der Waals surface area contributed by atoms with E-state index in [-0.39, 0.29) is 0 Å². The molecule has 0 atom stereocenters. The fraction of sp³-hybridized carbons (Fsp3) is 0.143. The predicted molar refractivity (Wildman–Crippen MR) is 70.1 cm³/mol. The molecule has 0 amide bonds. The van der Waals surface area contributed by atoms with Crippen molar-refractivity contribution in [3.63, 3.8) is 0 Å². The Morgan fingerprint density at radius 1 is 1.17 bits per heavy atom. The first kappa shape index (κ1) is 10.6. The molecule has 0 spiro atoms. The number of nitriles is 1. The minimum atomic E-state index is 0.445. The van der Waals surface area contributed by atoms with Gasteiger partial charge >= 0.3 is 0 Å². The highest BCUT2D eigenvalue weighted by Crippen LogP contribution is 2.32. The van der Waals surface area contributed by atoms with Crippen molar-refractivity contribution in [2.75, 3.05) is 0 Å². The highest BCUT2D eigenvalue weighted by atomic mass is 14.9. The van der Waals surface area contributed by atoms with Crippen molar-refractivity contribution in [3.05, 3.63) is 41.5 Å². The lowest BCUT2D eigenvalue weighted by Gasteiger charge is -1.98. The molecule has 0 saturated carbocycles. The molecule has 2 N–H and O–H groups in total. The lowest BCUT2D eigenvalue weighted by molar-refractivity contribution is 1.14. The average Bonchev–Trinajstić information content (AvgIpc) is 2.87. The van der Waals surface area contributed by atoms with E-state index in [1.165, 1.54) is 0 Å². The summed E-state index contributed by atoms with van der Waals surface area (Å²) in [6.07, 6.45) is 0. The smallest absolute Gasteiger partial charge is 0.166 e. The van der Waals surface area contributed by atoms with Crippen LogP contribution in [0.4, 0.5) is 0 Å². The van der Waals surface area contributed by atoms with Gasteiger partial charge in [-0.05, 0) is 19.9 Å². The van der Waals surface area contributed by atoms with Crippen LogP contribution in [-0.4, -0.2) is 15.0 Å². The van der Waals surface area contributed by atoms with Crippen LogP contribution >= 0.6 is 0 Å². The summed E-state index contributed by atoms with van der Waals surface area (Å²) in [7, 11) is 0. The van der Waals surface area contributed by atoms with Gasteiger partial charge in [0.25, 0.3) is 0 Å². The Morgan fingerprint density at radius 2 is 1.94 bits per heavy atom. The van der Waals surface area contributed by atoms with Gasteiger partial charge in [0.1, 0.15) is 11.9 Å². The van der Waals surface area contributed by atoms with Gasteiger partial charge in [0.2, 0.25) is 0 Å². The SMILES string of the molecule is Cc1nc(C#N)c(-c2c(C)[nH]c3ccccc23)[nH]1. The molecule has 0 aliphatic rings. The molecular formula is C14H12N4. The molecule has 2 heterocycles. The molecule has 1 aromatic carbocycles. The van der Waals surface area contributed by atoms with E-state index < -0.39 is 0 Å². The number of rotatable bonds is 1. The lowest BCUT2D eigenvalue weighted by Crippen LogP contribution is -1.84. The highest BCUT2D eigenvalue weighted by Gasteiger charge is 2.16. The van der Waals surface area contributed by atoms with E-state index in [1.807, 2.05) is 38.1 Å². The van der Waals surface area contributed by atoms with Gasteiger partial charge in [-0.15, -0.1) is 0 Å². The van der Waals surface area contributed by atoms with Gasteiger partial charge in [0, 0.05) is 22.2 Å². The fourth-order valence-electron chi connectivity index (χ4n) is 2.35. The van der Waals surface area contributed by atoms with Crippen molar-refractivity contribution in [1.82, 2.24) is 15.0 Å². The molecule has 88 valence electrons. The third kappa shape index (κ3) is 1.41. The number of aromatic nitrogens is 3. The van der Waals surface area contributed by atoms with Crippen LogP contribution in [0.15, 0.2) is 24.3 Å².